The number of hydrogen-bond acceptors (Lipinski definition) is 9. The van der Waals surface area contributed by atoms with E-state index in [1.807, 2.05) is 42.6 Å². The zero-order valence-electron chi connectivity index (χ0n) is 22.8. The number of aromatic nitrogens is 2. The number of anilines is 1. The molecule has 216 valence electrons. The molecule has 0 aliphatic carbocycles. The topological polar surface area (TPSA) is 92.6 Å². The predicted octanol–water partition coefficient (Wildman–Crippen LogP) is 7.54. The first-order valence-corrected chi connectivity index (χ1v) is 15.9. The van der Waals surface area contributed by atoms with E-state index in [1.165, 1.54) is 34.1 Å². The summed E-state index contributed by atoms with van der Waals surface area (Å²) in [6.07, 6.45) is 0. The highest BCUT2D eigenvalue weighted by molar-refractivity contribution is 8.00. The molecular formula is C32H24FN3O4S3. The Bertz CT molecular complexity index is 1820. The molecule has 2 aromatic heterocycles. The van der Waals surface area contributed by atoms with Gasteiger partial charge in [0.1, 0.15) is 30.0 Å². The van der Waals surface area contributed by atoms with Gasteiger partial charge in [-0.15, -0.1) is 21.5 Å². The van der Waals surface area contributed by atoms with Gasteiger partial charge in [-0.2, -0.15) is 0 Å². The Labute approximate surface area is 259 Å². The van der Waals surface area contributed by atoms with Gasteiger partial charge in [0.15, 0.2) is 4.34 Å². The molecule has 1 aliphatic rings. The Hall–Kier alpha value is -4.32. The van der Waals surface area contributed by atoms with Gasteiger partial charge in [-0.3, -0.25) is 14.5 Å². The summed E-state index contributed by atoms with van der Waals surface area (Å²) in [5.74, 6) is -1.29. The number of benzene rings is 3. The van der Waals surface area contributed by atoms with E-state index in [2.05, 4.69) is 10.2 Å². The molecule has 7 nitrogen and oxygen atoms in total. The van der Waals surface area contributed by atoms with Gasteiger partial charge in [-0.1, -0.05) is 77.2 Å². The van der Waals surface area contributed by atoms with Crippen LogP contribution in [0.3, 0.4) is 0 Å². The molecule has 11 heteroatoms. The van der Waals surface area contributed by atoms with Crippen LogP contribution >= 0.6 is 34.4 Å². The summed E-state index contributed by atoms with van der Waals surface area (Å²) in [6.45, 7) is 2.41. The largest absolute Gasteiger partial charge is 0.507 e. The monoisotopic (exact) mass is 629 g/mol. The molecule has 0 radical (unpaired) electrons. The average Bonchev–Trinajstić information content (AvgIpc) is 3.76. The predicted molar refractivity (Wildman–Crippen MR) is 167 cm³/mol. The van der Waals surface area contributed by atoms with E-state index >= 15 is 0 Å². The lowest BCUT2D eigenvalue weighted by Gasteiger charge is -2.20. The number of Topliss-reactive ketones (excluding diaryl/α,β-unsaturated/α-hetero) is 1. The maximum absolute atomic E-state index is 14.1. The third kappa shape index (κ3) is 6.10. The van der Waals surface area contributed by atoms with E-state index in [0.717, 1.165) is 22.5 Å². The highest BCUT2D eigenvalue weighted by atomic mass is 32.2. The second kappa shape index (κ2) is 12.5. The van der Waals surface area contributed by atoms with Crippen LogP contribution in [0.2, 0.25) is 0 Å². The number of rotatable bonds is 9. The number of aliphatic hydroxyl groups excluding tert-OH is 1. The normalized spacial score (nSPS) is 16.1. The first-order chi connectivity index (χ1) is 20.9. The lowest BCUT2D eigenvalue weighted by Crippen LogP contribution is -2.29. The summed E-state index contributed by atoms with van der Waals surface area (Å²) in [5.41, 5.74) is 3.05. The third-order valence-corrected chi connectivity index (χ3v) is 9.81. The van der Waals surface area contributed by atoms with Gasteiger partial charge < -0.3 is 9.84 Å². The number of ether oxygens (including phenoxy) is 1. The molecule has 1 saturated heterocycles. The number of aryl methyl sites for hydroxylation is 1. The number of carbonyl (C=O) groups excluding carboxylic acids is 2. The van der Waals surface area contributed by atoms with Crippen molar-refractivity contribution in [3.63, 3.8) is 0 Å². The summed E-state index contributed by atoms with van der Waals surface area (Å²) in [6, 6.07) is 24.0. The van der Waals surface area contributed by atoms with Gasteiger partial charge in [0.25, 0.3) is 5.78 Å². The maximum Gasteiger partial charge on any atom is 0.301 e. The van der Waals surface area contributed by atoms with E-state index in [1.54, 1.807) is 48.5 Å². The first kappa shape index (κ1) is 28.8. The van der Waals surface area contributed by atoms with Crippen molar-refractivity contribution in [2.24, 2.45) is 0 Å². The van der Waals surface area contributed by atoms with Crippen molar-refractivity contribution in [1.82, 2.24) is 10.2 Å². The minimum Gasteiger partial charge on any atom is -0.507 e. The second-order valence-corrected chi connectivity index (χ2v) is 12.9. The van der Waals surface area contributed by atoms with Crippen LogP contribution in [0.1, 0.15) is 33.2 Å². The average molecular weight is 630 g/mol. The van der Waals surface area contributed by atoms with Crippen LogP contribution in [-0.2, 0) is 21.9 Å². The van der Waals surface area contributed by atoms with Crippen molar-refractivity contribution in [3.8, 4) is 5.75 Å². The fourth-order valence-electron chi connectivity index (χ4n) is 4.69. The number of ketones is 1. The molecule has 0 saturated carbocycles. The summed E-state index contributed by atoms with van der Waals surface area (Å²) in [4.78, 5) is 28.8. The molecule has 1 fully saturated rings. The summed E-state index contributed by atoms with van der Waals surface area (Å²) in [5, 5.41) is 21.8. The van der Waals surface area contributed by atoms with Gasteiger partial charge in [-0.25, -0.2) is 4.39 Å². The van der Waals surface area contributed by atoms with E-state index in [0.29, 0.717) is 38.5 Å². The number of halogens is 1. The van der Waals surface area contributed by atoms with E-state index in [-0.39, 0.29) is 22.3 Å². The standard InChI is InChI=1S/C32H24FN3O4S3/c1-19-6-4-7-20(16-19)17-40-23-13-11-21(12-14-23)28(37)26-27(25-10-5-15-41-25)36(30(39)29(26)38)31-34-35-32(43-31)42-18-22-8-2-3-9-24(22)33/h2-16,27,37H,17-18H2,1H3/b28-26-. The molecule has 5 aromatic rings. The molecule has 1 unspecified atom stereocenters. The van der Waals surface area contributed by atoms with Crippen molar-refractivity contribution in [3.05, 3.63) is 129 Å². The number of nitrogens with zero attached hydrogens (tertiary/aromatic N) is 3. The molecule has 1 N–H and O–H groups in total. The van der Waals surface area contributed by atoms with Crippen LogP contribution in [0.5, 0.6) is 5.75 Å². The lowest BCUT2D eigenvalue weighted by molar-refractivity contribution is -0.132. The molecule has 1 atom stereocenters. The van der Waals surface area contributed by atoms with E-state index < -0.39 is 17.7 Å². The molecule has 6 rings (SSSR count). The summed E-state index contributed by atoms with van der Waals surface area (Å²) < 4.78 is 20.5. The summed E-state index contributed by atoms with van der Waals surface area (Å²) >= 11 is 3.78. The fourth-order valence-corrected chi connectivity index (χ4v) is 7.37. The molecule has 1 amide bonds. The number of thiophene rings is 1. The van der Waals surface area contributed by atoms with Gasteiger partial charge in [-0.05, 0) is 59.8 Å². The zero-order valence-corrected chi connectivity index (χ0v) is 25.2. The van der Waals surface area contributed by atoms with Crippen molar-refractivity contribution in [2.45, 2.75) is 29.7 Å². The van der Waals surface area contributed by atoms with Crippen molar-refractivity contribution < 1.29 is 23.8 Å². The van der Waals surface area contributed by atoms with Crippen molar-refractivity contribution in [1.29, 1.82) is 0 Å². The molecule has 3 aromatic carbocycles. The quantitative estimate of drug-likeness (QED) is 0.0592. The van der Waals surface area contributed by atoms with E-state index in [9.17, 15) is 19.1 Å². The van der Waals surface area contributed by atoms with Crippen LogP contribution in [0.25, 0.3) is 5.76 Å². The SMILES string of the molecule is Cc1cccc(COc2ccc(/C(O)=C3/C(=O)C(=O)N(c4nnc(SCc5ccccc5F)s4)C3c3cccs3)cc2)c1. The second-order valence-electron chi connectivity index (χ2n) is 9.72. The molecule has 3 heterocycles. The van der Waals surface area contributed by atoms with Crippen LogP contribution in [0.4, 0.5) is 9.52 Å². The van der Waals surface area contributed by atoms with Crippen molar-refractivity contribution >= 4 is 57.0 Å². The van der Waals surface area contributed by atoms with Crippen LogP contribution in [0, 0.1) is 12.7 Å². The Morgan fingerprint density at radius 2 is 1.84 bits per heavy atom. The molecule has 0 spiro atoms. The van der Waals surface area contributed by atoms with Crippen LogP contribution < -0.4 is 9.64 Å². The maximum atomic E-state index is 14.1. The third-order valence-electron chi connectivity index (χ3n) is 6.78. The number of carbonyl (C=O) groups is 2. The van der Waals surface area contributed by atoms with Crippen molar-refractivity contribution in [2.75, 3.05) is 4.90 Å². The van der Waals surface area contributed by atoms with Gasteiger partial charge in [0.2, 0.25) is 5.13 Å². The zero-order chi connectivity index (χ0) is 29.9. The molecule has 43 heavy (non-hydrogen) atoms. The smallest absolute Gasteiger partial charge is 0.301 e. The van der Waals surface area contributed by atoms with E-state index in [4.69, 9.17) is 4.74 Å². The minimum absolute atomic E-state index is 0.0309. The first-order valence-electron chi connectivity index (χ1n) is 13.2. The Kier molecular flexibility index (Phi) is 8.37. The number of amides is 1. The Morgan fingerprint density at radius 3 is 2.58 bits per heavy atom. The highest BCUT2D eigenvalue weighted by Crippen LogP contribution is 2.45. The number of hydrogen-bond donors (Lipinski definition) is 1. The van der Waals surface area contributed by atoms with Crippen LogP contribution in [-0.4, -0.2) is 27.0 Å². The van der Waals surface area contributed by atoms with Gasteiger partial charge in [0, 0.05) is 16.2 Å². The molecular weight excluding hydrogens is 606 g/mol. The lowest BCUT2D eigenvalue weighted by atomic mass is 10.00. The number of thioether (sulfide) groups is 1. The fraction of sp³-hybridized carbons (Fsp3) is 0.125. The van der Waals surface area contributed by atoms with Crippen LogP contribution in [0.15, 0.2) is 100 Å². The minimum atomic E-state index is -0.880. The molecule has 0 bridgehead atoms. The Morgan fingerprint density at radius 1 is 1.02 bits per heavy atom. The van der Waals surface area contributed by atoms with Gasteiger partial charge >= 0.3 is 5.91 Å². The van der Waals surface area contributed by atoms with Gasteiger partial charge in [0.05, 0.1) is 5.57 Å². The number of aliphatic hydroxyl groups is 1. The highest BCUT2D eigenvalue weighted by Gasteiger charge is 2.48. The Balaban J connectivity index is 1.26. The molecule has 1 aliphatic heterocycles. The summed E-state index contributed by atoms with van der Waals surface area (Å²) in [7, 11) is 0.